The first-order valence-corrected chi connectivity index (χ1v) is 5.48. The molecule has 0 unspecified atom stereocenters. The minimum absolute atomic E-state index is 0.209. The second kappa shape index (κ2) is 4.45. The summed E-state index contributed by atoms with van der Waals surface area (Å²) in [4.78, 5) is 0. The van der Waals surface area contributed by atoms with Crippen molar-refractivity contribution in [2.75, 3.05) is 12.8 Å². The van der Waals surface area contributed by atoms with E-state index < -0.39 is 0 Å². The SMILES string of the molecule is COc1cccc(-c2c(N)nnn2C(C)C)c1. The van der Waals surface area contributed by atoms with Crippen LogP contribution >= 0.6 is 0 Å². The van der Waals surface area contributed by atoms with E-state index in [4.69, 9.17) is 10.5 Å². The predicted octanol–water partition coefficient (Wildman–Crippen LogP) is 2.12. The summed E-state index contributed by atoms with van der Waals surface area (Å²) in [6.45, 7) is 4.08. The summed E-state index contributed by atoms with van der Waals surface area (Å²) >= 11 is 0. The van der Waals surface area contributed by atoms with Crippen LogP contribution in [-0.4, -0.2) is 22.1 Å². The third-order valence-corrected chi connectivity index (χ3v) is 2.55. The van der Waals surface area contributed by atoms with E-state index in [-0.39, 0.29) is 6.04 Å². The number of hydrogen-bond acceptors (Lipinski definition) is 4. The number of hydrogen-bond donors (Lipinski definition) is 1. The Morgan fingerprint density at radius 1 is 1.35 bits per heavy atom. The molecule has 5 heteroatoms. The monoisotopic (exact) mass is 232 g/mol. The van der Waals surface area contributed by atoms with Crippen LogP contribution in [0.15, 0.2) is 24.3 Å². The van der Waals surface area contributed by atoms with Gasteiger partial charge >= 0.3 is 0 Å². The lowest BCUT2D eigenvalue weighted by Gasteiger charge is -2.10. The first kappa shape index (κ1) is 11.4. The Labute approximate surface area is 100 Å². The Hall–Kier alpha value is -2.04. The maximum absolute atomic E-state index is 5.87. The van der Waals surface area contributed by atoms with Gasteiger partial charge in [0.25, 0.3) is 0 Å². The van der Waals surface area contributed by atoms with Crippen molar-refractivity contribution in [1.29, 1.82) is 0 Å². The smallest absolute Gasteiger partial charge is 0.174 e. The fraction of sp³-hybridized carbons (Fsp3) is 0.333. The van der Waals surface area contributed by atoms with Gasteiger partial charge in [0.05, 0.1) is 7.11 Å². The molecule has 5 nitrogen and oxygen atoms in total. The lowest BCUT2D eigenvalue weighted by atomic mass is 10.1. The summed E-state index contributed by atoms with van der Waals surface area (Å²) in [5.74, 6) is 1.23. The molecule has 0 fully saturated rings. The van der Waals surface area contributed by atoms with Crippen molar-refractivity contribution in [3.8, 4) is 17.0 Å². The molecule has 2 N–H and O–H groups in total. The first-order chi connectivity index (χ1) is 8.13. The lowest BCUT2D eigenvalue weighted by Crippen LogP contribution is -2.05. The molecule has 0 saturated carbocycles. The van der Waals surface area contributed by atoms with Gasteiger partial charge in [-0.25, -0.2) is 4.68 Å². The van der Waals surface area contributed by atoms with Crippen molar-refractivity contribution >= 4 is 5.82 Å². The fourth-order valence-corrected chi connectivity index (χ4v) is 1.72. The number of benzene rings is 1. The summed E-state index contributed by atoms with van der Waals surface area (Å²) in [5.41, 5.74) is 7.66. The Balaban J connectivity index is 2.55. The number of nitrogen functional groups attached to an aromatic ring is 1. The van der Waals surface area contributed by atoms with E-state index >= 15 is 0 Å². The molecule has 17 heavy (non-hydrogen) atoms. The highest BCUT2D eigenvalue weighted by Gasteiger charge is 2.14. The van der Waals surface area contributed by atoms with E-state index in [1.165, 1.54) is 0 Å². The number of anilines is 1. The third kappa shape index (κ3) is 2.08. The molecule has 0 amide bonds. The van der Waals surface area contributed by atoms with Crippen LogP contribution in [0.4, 0.5) is 5.82 Å². The molecule has 0 aliphatic carbocycles. The molecule has 0 atom stereocenters. The number of rotatable bonds is 3. The quantitative estimate of drug-likeness (QED) is 0.880. The van der Waals surface area contributed by atoms with Crippen LogP contribution in [0.2, 0.25) is 0 Å². The summed E-state index contributed by atoms with van der Waals surface area (Å²) in [5, 5.41) is 7.97. The van der Waals surface area contributed by atoms with E-state index in [9.17, 15) is 0 Å². The zero-order valence-corrected chi connectivity index (χ0v) is 10.2. The van der Waals surface area contributed by atoms with E-state index in [0.29, 0.717) is 5.82 Å². The van der Waals surface area contributed by atoms with Crippen molar-refractivity contribution in [3.05, 3.63) is 24.3 Å². The van der Waals surface area contributed by atoms with Gasteiger partial charge in [-0.1, -0.05) is 17.3 Å². The molecular weight excluding hydrogens is 216 g/mol. The number of aromatic nitrogens is 3. The van der Waals surface area contributed by atoms with Crippen LogP contribution in [0.1, 0.15) is 19.9 Å². The van der Waals surface area contributed by atoms with Crippen molar-refractivity contribution < 1.29 is 4.74 Å². The molecule has 90 valence electrons. The van der Waals surface area contributed by atoms with E-state index in [1.807, 2.05) is 42.8 Å². The minimum Gasteiger partial charge on any atom is -0.497 e. The Bertz CT molecular complexity index is 519. The molecule has 0 spiro atoms. The summed E-state index contributed by atoms with van der Waals surface area (Å²) in [6.07, 6.45) is 0. The van der Waals surface area contributed by atoms with Crippen LogP contribution in [-0.2, 0) is 0 Å². The van der Waals surface area contributed by atoms with Crippen LogP contribution in [0.3, 0.4) is 0 Å². The van der Waals surface area contributed by atoms with E-state index in [1.54, 1.807) is 7.11 Å². The molecule has 0 bridgehead atoms. The van der Waals surface area contributed by atoms with Gasteiger partial charge in [-0.2, -0.15) is 0 Å². The average molecular weight is 232 g/mol. The molecule has 1 heterocycles. The zero-order chi connectivity index (χ0) is 12.4. The fourth-order valence-electron chi connectivity index (χ4n) is 1.72. The largest absolute Gasteiger partial charge is 0.497 e. The van der Waals surface area contributed by atoms with Gasteiger partial charge in [-0.05, 0) is 26.0 Å². The standard InChI is InChI=1S/C12H16N4O/c1-8(2)16-11(12(13)14-15-16)9-5-4-6-10(7-9)17-3/h4-8H,13H2,1-3H3. The van der Waals surface area contributed by atoms with E-state index in [2.05, 4.69) is 10.3 Å². The Morgan fingerprint density at radius 2 is 2.12 bits per heavy atom. The molecule has 1 aromatic heterocycles. The number of methoxy groups -OCH3 is 1. The van der Waals surface area contributed by atoms with Crippen molar-refractivity contribution in [2.24, 2.45) is 0 Å². The second-order valence-corrected chi connectivity index (χ2v) is 4.09. The Morgan fingerprint density at radius 3 is 2.76 bits per heavy atom. The van der Waals surface area contributed by atoms with Crippen molar-refractivity contribution in [3.63, 3.8) is 0 Å². The summed E-state index contributed by atoms with van der Waals surface area (Å²) in [6, 6.07) is 7.92. The van der Waals surface area contributed by atoms with E-state index in [0.717, 1.165) is 17.0 Å². The molecule has 0 aliphatic rings. The normalized spacial score (nSPS) is 10.8. The van der Waals surface area contributed by atoms with Crippen LogP contribution in [0.25, 0.3) is 11.3 Å². The summed E-state index contributed by atoms with van der Waals surface area (Å²) < 4.78 is 7.01. The van der Waals surface area contributed by atoms with Gasteiger partial charge in [-0.3, -0.25) is 0 Å². The first-order valence-electron chi connectivity index (χ1n) is 5.48. The highest BCUT2D eigenvalue weighted by Crippen LogP contribution is 2.28. The average Bonchev–Trinajstić information content (AvgIpc) is 2.71. The number of nitrogens with zero attached hydrogens (tertiary/aromatic N) is 3. The summed E-state index contributed by atoms with van der Waals surface area (Å²) in [7, 11) is 1.64. The molecule has 0 saturated heterocycles. The maximum Gasteiger partial charge on any atom is 0.174 e. The van der Waals surface area contributed by atoms with Crippen molar-refractivity contribution in [2.45, 2.75) is 19.9 Å². The third-order valence-electron chi connectivity index (χ3n) is 2.55. The molecule has 1 aromatic carbocycles. The lowest BCUT2D eigenvalue weighted by molar-refractivity contribution is 0.415. The maximum atomic E-state index is 5.87. The molecule has 2 aromatic rings. The van der Waals surface area contributed by atoms with Gasteiger partial charge in [0.15, 0.2) is 5.82 Å². The van der Waals surface area contributed by atoms with Crippen molar-refractivity contribution in [1.82, 2.24) is 15.0 Å². The topological polar surface area (TPSA) is 66.0 Å². The second-order valence-electron chi connectivity index (χ2n) is 4.09. The number of ether oxygens (including phenoxy) is 1. The van der Waals surface area contributed by atoms with Gasteiger partial charge < -0.3 is 10.5 Å². The minimum atomic E-state index is 0.209. The predicted molar refractivity (Wildman–Crippen MR) is 66.8 cm³/mol. The number of nitrogens with two attached hydrogens (primary N) is 1. The molecule has 0 radical (unpaired) electrons. The van der Waals surface area contributed by atoms with Gasteiger partial charge in [0, 0.05) is 11.6 Å². The van der Waals surface area contributed by atoms with Crippen LogP contribution < -0.4 is 10.5 Å². The highest BCUT2D eigenvalue weighted by atomic mass is 16.5. The van der Waals surface area contributed by atoms with Gasteiger partial charge in [0.2, 0.25) is 0 Å². The molecular formula is C12H16N4O. The van der Waals surface area contributed by atoms with Crippen LogP contribution in [0, 0.1) is 0 Å². The van der Waals surface area contributed by atoms with Gasteiger partial charge in [-0.15, -0.1) is 5.10 Å². The van der Waals surface area contributed by atoms with Gasteiger partial charge in [0.1, 0.15) is 11.4 Å². The Kier molecular flexibility index (Phi) is 2.99. The molecule has 2 rings (SSSR count). The molecule has 0 aliphatic heterocycles. The zero-order valence-electron chi connectivity index (χ0n) is 10.2. The highest BCUT2D eigenvalue weighted by molar-refractivity contribution is 5.71. The van der Waals surface area contributed by atoms with Crippen LogP contribution in [0.5, 0.6) is 5.75 Å².